The first kappa shape index (κ1) is 20.9. The van der Waals surface area contributed by atoms with E-state index in [4.69, 9.17) is 17.3 Å². The van der Waals surface area contributed by atoms with Crippen molar-refractivity contribution in [3.63, 3.8) is 0 Å². The van der Waals surface area contributed by atoms with Crippen LogP contribution in [0.25, 0.3) is 28.0 Å². The van der Waals surface area contributed by atoms with Crippen LogP contribution >= 0.6 is 11.6 Å². The summed E-state index contributed by atoms with van der Waals surface area (Å²) in [6.45, 7) is -0.0772. The van der Waals surface area contributed by atoms with Gasteiger partial charge in [-0.3, -0.25) is 0 Å². The Kier molecular flexibility index (Phi) is 5.15. The average molecular weight is 464 g/mol. The molecule has 5 rings (SSSR count). The molecule has 0 amide bonds. The number of fused-ring (bicyclic) bond motifs is 1. The van der Waals surface area contributed by atoms with Crippen LogP contribution in [0.2, 0.25) is 5.15 Å². The highest BCUT2D eigenvalue weighted by atomic mass is 35.5. The zero-order chi connectivity index (χ0) is 23.1. The second-order valence-electron chi connectivity index (χ2n) is 7.51. The molecule has 0 bridgehead atoms. The number of nitrogens with two attached hydrogens (primary N) is 1. The number of hydrogen-bond acceptors (Lipinski definition) is 6. The lowest BCUT2D eigenvalue weighted by Gasteiger charge is -2.10. The van der Waals surface area contributed by atoms with Gasteiger partial charge in [-0.1, -0.05) is 41.9 Å². The van der Waals surface area contributed by atoms with E-state index in [1.54, 1.807) is 24.5 Å². The van der Waals surface area contributed by atoms with Gasteiger partial charge in [0.25, 0.3) is 0 Å². The molecule has 33 heavy (non-hydrogen) atoms. The smallest absolute Gasteiger partial charge is 0.390 e. The number of pyridine rings is 1. The van der Waals surface area contributed by atoms with Crippen molar-refractivity contribution in [2.45, 2.75) is 13.2 Å². The summed E-state index contributed by atoms with van der Waals surface area (Å²) < 4.78 is 4.57. The lowest BCUT2D eigenvalue weighted by molar-refractivity contribution is -0.516. The van der Waals surface area contributed by atoms with Gasteiger partial charge in [0.1, 0.15) is 23.2 Å². The maximum Gasteiger partial charge on any atom is 0.428 e. The summed E-state index contributed by atoms with van der Waals surface area (Å²) >= 11 is 6.25. The van der Waals surface area contributed by atoms with E-state index in [1.807, 2.05) is 41.9 Å². The molecule has 0 atom stereocenters. The third-order valence-corrected chi connectivity index (χ3v) is 5.57. The van der Waals surface area contributed by atoms with Crippen LogP contribution in [0.4, 0.5) is 5.95 Å². The Morgan fingerprint density at radius 2 is 1.97 bits per heavy atom. The SMILES string of the molecule is Cn1ccnc1Cn1[nH]c2c(-c3cc(Cl)nc(CO)c3)c(-c3ccccc3)nc(N)[n+]2c1=O. The van der Waals surface area contributed by atoms with Crippen molar-refractivity contribution in [1.29, 1.82) is 0 Å². The van der Waals surface area contributed by atoms with Gasteiger partial charge in [-0.25, -0.2) is 19.9 Å². The molecule has 0 unspecified atom stereocenters. The molecule has 0 saturated carbocycles. The van der Waals surface area contributed by atoms with Gasteiger partial charge in [-0.2, -0.15) is 4.68 Å². The maximum absolute atomic E-state index is 13.3. The molecule has 0 aliphatic carbocycles. The summed E-state index contributed by atoms with van der Waals surface area (Å²) in [6.07, 6.45) is 3.47. The number of aliphatic hydroxyl groups is 1. The van der Waals surface area contributed by atoms with Crippen LogP contribution in [0.5, 0.6) is 0 Å². The number of nitrogens with zero attached hydrogens (tertiary/aromatic N) is 6. The van der Waals surface area contributed by atoms with Gasteiger partial charge in [-0.05, 0) is 17.7 Å². The van der Waals surface area contributed by atoms with Gasteiger partial charge in [0, 0.05) is 25.0 Å². The Hall–Kier alpha value is -4.02. The zero-order valence-electron chi connectivity index (χ0n) is 17.6. The van der Waals surface area contributed by atoms with Crippen LogP contribution in [0.3, 0.4) is 0 Å². The minimum Gasteiger partial charge on any atom is -0.390 e. The van der Waals surface area contributed by atoms with Gasteiger partial charge in [0.2, 0.25) is 5.65 Å². The fraction of sp³-hybridized carbons (Fsp3) is 0.136. The molecule has 1 aromatic carbocycles. The Morgan fingerprint density at radius 3 is 2.67 bits per heavy atom. The number of aryl methyl sites for hydroxylation is 1. The lowest BCUT2D eigenvalue weighted by Crippen LogP contribution is -2.44. The first-order chi connectivity index (χ1) is 16.0. The number of imidazole rings is 1. The molecule has 166 valence electrons. The van der Waals surface area contributed by atoms with Crippen LogP contribution in [0.15, 0.2) is 59.7 Å². The van der Waals surface area contributed by atoms with E-state index >= 15 is 0 Å². The number of halogens is 1. The third-order valence-electron chi connectivity index (χ3n) is 5.38. The van der Waals surface area contributed by atoms with Crippen LogP contribution in [-0.4, -0.2) is 34.4 Å². The molecular formula is C22H20ClN8O2+. The number of aromatic nitrogens is 7. The van der Waals surface area contributed by atoms with Crippen molar-refractivity contribution in [3.8, 4) is 22.4 Å². The average Bonchev–Trinajstić information content (AvgIpc) is 3.37. The number of benzene rings is 1. The Labute approximate surface area is 192 Å². The highest BCUT2D eigenvalue weighted by Crippen LogP contribution is 2.34. The molecule has 4 N–H and O–H groups in total. The molecule has 4 aromatic heterocycles. The van der Waals surface area contributed by atoms with Gasteiger partial charge in [-0.15, -0.1) is 9.38 Å². The van der Waals surface area contributed by atoms with Crippen LogP contribution in [0.1, 0.15) is 11.5 Å². The second-order valence-corrected chi connectivity index (χ2v) is 7.89. The van der Waals surface area contributed by atoms with E-state index in [-0.39, 0.29) is 29.9 Å². The highest BCUT2D eigenvalue weighted by Gasteiger charge is 2.26. The summed E-state index contributed by atoms with van der Waals surface area (Å²) in [5, 5.41) is 13.0. The quantitative estimate of drug-likeness (QED) is 0.267. The number of anilines is 1. The molecule has 4 heterocycles. The van der Waals surface area contributed by atoms with Crippen LogP contribution in [-0.2, 0) is 20.2 Å². The minimum absolute atomic E-state index is 0.0370. The van der Waals surface area contributed by atoms with Gasteiger partial charge in [0.05, 0.1) is 17.9 Å². The summed E-state index contributed by atoms with van der Waals surface area (Å²) in [7, 11) is 1.85. The first-order valence-electron chi connectivity index (χ1n) is 10.1. The van der Waals surface area contributed by atoms with Crippen LogP contribution in [0, 0.1) is 0 Å². The van der Waals surface area contributed by atoms with Crippen molar-refractivity contribution in [2.75, 3.05) is 5.73 Å². The van der Waals surface area contributed by atoms with E-state index in [9.17, 15) is 9.90 Å². The lowest BCUT2D eigenvalue weighted by atomic mass is 10.00. The standard InChI is InChI=1S/C22H19ClN8O2/c1-29-8-7-25-17(29)11-30-22(33)31-20(28-30)18(14-9-15(12-32)26-16(23)10-14)19(27-21(31)24)13-5-3-2-4-6-13/h2-10,32H,11-12H2,1H3,(H2,24,26,27,28)/p+1. The Balaban J connectivity index is 1.84. The topological polar surface area (TPSA) is 132 Å². The van der Waals surface area contributed by atoms with Gasteiger partial charge in [0.15, 0.2) is 0 Å². The summed E-state index contributed by atoms with van der Waals surface area (Å²) in [4.78, 5) is 26.3. The van der Waals surface area contributed by atoms with Crippen molar-refractivity contribution in [1.82, 2.24) is 29.3 Å². The minimum atomic E-state index is -0.388. The molecule has 0 spiro atoms. The number of nitrogen functional groups attached to an aromatic ring is 1. The fourth-order valence-electron chi connectivity index (χ4n) is 3.81. The summed E-state index contributed by atoms with van der Waals surface area (Å²) in [6, 6.07) is 12.9. The Bertz CT molecular complexity index is 1540. The molecule has 10 nitrogen and oxygen atoms in total. The van der Waals surface area contributed by atoms with Crippen molar-refractivity contribution in [3.05, 3.63) is 82.0 Å². The molecule has 0 aliphatic heterocycles. The first-order valence-corrected chi connectivity index (χ1v) is 10.5. The molecule has 11 heteroatoms. The van der Waals surface area contributed by atoms with Gasteiger partial charge < -0.3 is 15.4 Å². The fourth-order valence-corrected chi connectivity index (χ4v) is 4.03. The third kappa shape index (κ3) is 3.65. The molecule has 0 aliphatic rings. The number of aromatic amines is 1. The monoisotopic (exact) mass is 463 g/mol. The second kappa shape index (κ2) is 8.15. The number of rotatable bonds is 5. The highest BCUT2D eigenvalue weighted by molar-refractivity contribution is 6.29. The number of H-pyrrole nitrogens is 1. The predicted octanol–water partition coefficient (Wildman–Crippen LogP) is 1.55. The molecule has 0 saturated heterocycles. The van der Waals surface area contributed by atoms with Gasteiger partial charge >= 0.3 is 11.6 Å². The van der Waals surface area contributed by atoms with Crippen molar-refractivity contribution < 1.29 is 9.51 Å². The normalized spacial score (nSPS) is 11.4. The maximum atomic E-state index is 13.3. The Morgan fingerprint density at radius 1 is 1.18 bits per heavy atom. The molecule has 0 radical (unpaired) electrons. The van der Waals surface area contributed by atoms with E-state index in [1.165, 1.54) is 9.08 Å². The molecular weight excluding hydrogens is 444 g/mol. The van der Waals surface area contributed by atoms with Crippen molar-refractivity contribution >= 4 is 23.2 Å². The van der Waals surface area contributed by atoms with Crippen molar-refractivity contribution in [2.24, 2.45) is 7.05 Å². The van der Waals surface area contributed by atoms with E-state index in [2.05, 4.69) is 20.1 Å². The van der Waals surface area contributed by atoms with E-state index in [0.29, 0.717) is 34.0 Å². The van der Waals surface area contributed by atoms with E-state index in [0.717, 1.165) is 5.56 Å². The van der Waals surface area contributed by atoms with Crippen LogP contribution < -0.4 is 15.8 Å². The molecule has 0 fully saturated rings. The number of nitrogens with one attached hydrogen (secondary N) is 1. The largest absolute Gasteiger partial charge is 0.428 e. The number of aliphatic hydroxyl groups excluding tert-OH is 1. The van der Waals surface area contributed by atoms with E-state index < -0.39 is 0 Å². The predicted molar refractivity (Wildman–Crippen MR) is 122 cm³/mol. The summed E-state index contributed by atoms with van der Waals surface area (Å²) in [5.74, 6) is 0.727. The molecule has 5 aromatic rings. The summed E-state index contributed by atoms with van der Waals surface area (Å²) in [5.41, 5.74) is 9.30. The zero-order valence-corrected chi connectivity index (χ0v) is 18.4. The number of hydrogen-bond donors (Lipinski definition) is 3.